The van der Waals surface area contributed by atoms with Crippen LogP contribution in [0.3, 0.4) is 0 Å². The molecule has 0 aromatic heterocycles. The Morgan fingerprint density at radius 1 is 1.12 bits per heavy atom. The van der Waals surface area contributed by atoms with Crippen LogP contribution in [-0.4, -0.2) is 29.3 Å². The molecule has 4 nitrogen and oxygen atoms in total. The zero-order chi connectivity index (χ0) is 18.0. The Kier molecular flexibility index (Phi) is 4.79. The van der Waals surface area contributed by atoms with Crippen molar-refractivity contribution in [3.8, 4) is 0 Å². The first-order valence-corrected chi connectivity index (χ1v) is 8.10. The van der Waals surface area contributed by atoms with Gasteiger partial charge < -0.3 is 10.2 Å². The Labute approximate surface area is 144 Å². The van der Waals surface area contributed by atoms with E-state index in [1.807, 2.05) is 0 Å². The van der Waals surface area contributed by atoms with Crippen molar-refractivity contribution < 1.29 is 18.4 Å². The van der Waals surface area contributed by atoms with E-state index in [0.29, 0.717) is 19.4 Å². The number of hydrogen-bond acceptors (Lipinski definition) is 2. The first kappa shape index (κ1) is 17.1. The van der Waals surface area contributed by atoms with Crippen LogP contribution < -0.4 is 5.32 Å². The molecule has 1 saturated heterocycles. The highest BCUT2D eigenvalue weighted by Gasteiger charge is 2.35. The summed E-state index contributed by atoms with van der Waals surface area (Å²) in [6.07, 6.45) is 1.09. The molecular weight excluding hydrogens is 326 g/mol. The Morgan fingerprint density at radius 3 is 2.60 bits per heavy atom. The summed E-state index contributed by atoms with van der Waals surface area (Å²) in [6, 6.07) is 9.43. The molecule has 0 saturated carbocycles. The van der Waals surface area contributed by atoms with Crippen LogP contribution in [0.5, 0.6) is 0 Å². The van der Waals surface area contributed by atoms with Gasteiger partial charge in [-0.1, -0.05) is 18.2 Å². The molecule has 1 heterocycles. The minimum Gasteiger partial charge on any atom is -0.327 e. The molecule has 2 aromatic rings. The number of likely N-dealkylation sites (tertiary alicyclic amines) is 1. The van der Waals surface area contributed by atoms with E-state index >= 15 is 0 Å². The molecule has 0 aliphatic carbocycles. The SMILES string of the molecule is Cc1ccc(NC(=O)C2CCCN2C(=O)c2ccccc2F)c(F)c1. The number of halogens is 2. The normalized spacial score (nSPS) is 16.8. The van der Waals surface area contributed by atoms with Gasteiger partial charge in [-0.3, -0.25) is 9.59 Å². The number of carbonyl (C=O) groups is 2. The topological polar surface area (TPSA) is 49.4 Å². The third-order valence-corrected chi connectivity index (χ3v) is 4.30. The molecule has 130 valence electrons. The van der Waals surface area contributed by atoms with Crippen LogP contribution in [0.25, 0.3) is 0 Å². The lowest BCUT2D eigenvalue weighted by molar-refractivity contribution is -0.119. The van der Waals surface area contributed by atoms with E-state index in [4.69, 9.17) is 0 Å². The van der Waals surface area contributed by atoms with Crippen molar-refractivity contribution in [2.45, 2.75) is 25.8 Å². The van der Waals surface area contributed by atoms with Gasteiger partial charge in [0.1, 0.15) is 17.7 Å². The summed E-state index contributed by atoms with van der Waals surface area (Å²) in [6.45, 7) is 2.11. The van der Waals surface area contributed by atoms with E-state index in [1.54, 1.807) is 19.1 Å². The lowest BCUT2D eigenvalue weighted by Crippen LogP contribution is -2.43. The van der Waals surface area contributed by atoms with Gasteiger partial charge in [0.05, 0.1) is 11.3 Å². The quantitative estimate of drug-likeness (QED) is 0.926. The number of rotatable bonds is 3. The van der Waals surface area contributed by atoms with Gasteiger partial charge in [-0.05, 0) is 49.6 Å². The molecule has 1 aliphatic heterocycles. The molecule has 1 fully saturated rings. The van der Waals surface area contributed by atoms with Gasteiger partial charge in [0, 0.05) is 6.54 Å². The van der Waals surface area contributed by atoms with Crippen LogP contribution in [-0.2, 0) is 4.79 Å². The number of nitrogens with zero attached hydrogens (tertiary/aromatic N) is 1. The number of nitrogens with one attached hydrogen (secondary N) is 1. The second-order valence-electron chi connectivity index (χ2n) is 6.11. The summed E-state index contributed by atoms with van der Waals surface area (Å²) in [7, 11) is 0. The van der Waals surface area contributed by atoms with Crippen LogP contribution in [0.2, 0.25) is 0 Å². The third kappa shape index (κ3) is 3.52. The Morgan fingerprint density at radius 2 is 1.88 bits per heavy atom. The molecule has 1 aliphatic rings. The standard InChI is InChI=1S/C19H18F2N2O2/c1-12-8-9-16(15(21)11-12)22-18(24)17-7-4-10-23(17)19(25)13-5-2-3-6-14(13)20/h2-3,5-6,8-9,11,17H,4,7,10H2,1H3,(H,22,24). The molecule has 1 atom stereocenters. The van der Waals surface area contributed by atoms with Crippen LogP contribution in [0, 0.1) is 18.6 Å². The number of aryl methyl sites for hydroxylation is 1. The molecule has 1 N–H and O–H groups in total. The van der Waals surface area contributed by atoms with Crippen molar-refractivity contribution in [3.05, 3.63) is 65.2 Å². The zero-order valence-electron chi connectivity index (χ0n) is 13.8. The van der Waals surface area contributed by atoms with Crippen molar-refractivity contribution in [2.75, 3.05) is 11.9 Å². The van der Waals surface area contributed by atoms with Gasteiger partial charge in [0.15, 0.2) is 0 Å². The molecule has 6 heteroatoms. The maximum absolute atomic E-state index is 13.9. The summed E-state index contributed by atoms with van der Waals surface area (Å²) in [5, 5.41) is 2.53. The van der Waals surface area contributed by atoms with Gasteiger partial charge in [0.2, 0.25) is 5.91 Å². The molecule has 25 heavy (non-hydrogen) atoms. The lowest BCUT2D eigenvalue weighted by atomic mass is 10.1. The fourth-order valence-electron chi connectivity index (χ4n) is 3.01. The van der Waals surface area contributed by atoms with Crippen molar-refractivity contribution in [1.29, 1.82) is 0 Å². The van der Waals surface area contributed by atoms with Gasteiger partial charge >= 0.3 is 0 Å². The van der Waals surface area contributed by atoms with Gasteiger partial charge in [0.25, 0.3) is 5.91 Å². The maximum Gasteiger partial charge on any atom is 0.257 e. The summed E-state index contributed by atoms with van der Waals surface area (Å²) in [5.74, 6) is -2.15. The summed E-state index contributed by atoms with van der Waals surface area (Å²) in [4.78, 5) is 26.4. The predicted molar refractivity (Wildman–Crippen MR) is 90.2 cm³/mol. The highest BCUT2D eigenvalue weighted by molar-refractivity contribution is 6.01. The number of anilines is 1. The molecule has 3 rings (SSSR count). The van der Waals surface area contributed by atoms with E-state index in [2.05, 4.69) is 5.32 Å². The van der Waals surface area contributed by atoms with E-state index in [-0.39, 0.29) is 11.3 Å². The van der Waals surface area contributed by atoms with Crippen molar-refractivity contribution in [2.24, 2.45) is 0 Å². The van der Waals surface area contributed by atoms with Crippen LogP contribution >= 0.6 is 0 Å². The average Bonchev–Trinajstić information content (AvgIpc) is 3.07. The molecule has 0 radical (unpaired) electrons. The van der Waals surface area contributed by atoms with E-state index in [1.165, 1.54) is 35.2 Å². The molecular formula is C19H18F2N2O2. The number of amides is 2. The number of hydrogen-bond donors (Lipinski definition) is 1. The largest absolute Gasteiger partial charge is 0.327 e. The first-order chi connectivity index (χ1) is 12.0. The highest BCUT2D eigenvalue weighted by atomic mass is 19.1. The second-order valence-corrected chi connectivity index (χ2v) is 6.11. The van der Waals surface area contributed by atoms with E-state index in [9.17, 15) is 18.4 Å². The fourth-order valence-corrected chi connectivity index (χ4v) is 3.01. The number of benzene rings is 2. The van der Waals surface area contributed by atoms with Crippen LogP contribution in [0.15, 0.2) is 42.5 Å². The van der Waals surface area contributed by atoms with Gasteiger partial charge in [-0.25, -0.2) is 8.78 Å². The van der Waals surface area contributed by atoms with Crippen molar-refractivity contribution in [3.63, 3.8) is 0 Å². The summed E-state index contributed by atoms with van der Waals surface area (Å²) < 4.78 is 27.8. The molecule has 0 bridgehead atoms. The van der Waals surface area contributed by atoms with Crippen molar-refractivity contribution in [1.82, 2.24) is 4.90 Å². The van der Waals surface area contributed by atoms with Crippen LogP contribution in [0.1, 0.15) is 28.8 Å². The maximum atomic E-state index is 13.9. The van der Waals surface area contributed by atoms with Crippen molar-refractivity contribution >= 4 is 17.5 Å². The minimum absolute atomic E-state index is 0.0660. The Bertz CT molecular complexity index is 823. The van der Waals surface area contributed by atoms with Gasteiger partial charge in [-0.15, -0.1) is 0 Å². The lowest BCUT2D eigenvalue weighted by Gasteiger charge is -2.24. The molecule has 1 unspecified atom stereocenters. The van der Waals surface area contributed by atoms with Crippen LogP contribution in [0.4, 0.5) is 14.5 Å². The Hall–Kier alpha value is -2.76. The second kappa shape index (κ2) is 7.01. The van der Waals surface area contributed by atoms with Gasteiger partial charge in [-0.2, -0.15) is 0 Å². The smallest absolute Gasteiger partial charge is 0.257 e. The fraction of sp³-hybridized carbons (Fsp3) is 0.263. The number of carbonyl (C=O) groups excluding carboxylic acids is 2. The molecule has 2 amide bonds. The average molecular weight is 344 g/mol. The minimum atomic E-state index is -0.743. The zero-order valence-corrected chi connectivity index (χ0v) is 13.8. The first-order valence-electron chi connectivity index (χ1n) is 8.10. The molecule has 2 aromatic carbocycles. The highest BCUT2D eigenvalue weighted by Crippen LogP contribution is 2.23. The van der Waals surface area contributed by atoms with E-state index < -0.39 is 29.5 Å². The summed E-state index contributed by atoms with van der Waals surface area (Å²) >= 11 is 0. The third-order valence-electron chi connectivity index (χ3n) is 4.30. The molecule has 0 spiro atoms. The monoisotopic (exact) mass is 344 g/mol. The van der Waals surface area contributed by atoms with E-state index in [0.717, 1.165) is 5.56 Å². The predicted octanol–water partition coefficient (Wildman–Crippen LogP) is 3.52. The Balaban J connectivity index is 1.78. The summed E-state index contributed by atoms with van der Waals surface area (Å²) in [5.41, 5.74) is 0.747.